The molecule has 0 spiro atoms. The monoisotopic (exact) mass is 577 g/mol. The predicted octanol–water partition coefficient (Wildman–Crippen LogP) is 1.47. The molecule has 0 bridgehead atoms. The number of morpholine rings is 1. The molecule has 1 saturated heterocycles. The van der Waals surface area contributed by atoms with E-state index in [1.54, 1.807) is 53.4 Å². The number of benzene rings is 2. The summed E-state index contributed by atoms with van der Waals surface area (Å²) >= 11 is 1.12. The van der Waals surface area contributed by atoms with Gasteiger partial charge in [-0.1, -0.05) is 30.3 Å². The Morgan fingerprint density at radius 2 is 1.87 bits per heavy atom. The minimum Gasteiger partial charge on any atom is -0.422 e. The molecule has 0 radical (unpaired) electrons. The van der Waals surface area contributed by atoms with Gasteiger partial charge in [0.15, 0.2) is 15.1 Å². The lowest BCUT2D eigenvalue weighted by Gasteiger charge is -2.26. The molecule has 0 aliphatic carbocycles. The Balaban J connectivity index is 1.52. The van der Waals surface area contributed by atoms with Crippen molar-refractivity contribution in [3.8, 4) is 0 Å². The Kier molecular flexibility index (Phi) is 7.80. The number of rotatable bonds is 9. The van der Waals surface area contributed by atoms with E-state index in [0.717, 1.165) is 11.3 Å². The van der Waals surface area contributed by atoms with E-state index in [9.17, 15) is 21.6 Å². The van der Waals surface area contributed by atoms with Crippen molar-refractivity contribution in [1.29, 1.82) is 0 Å². The number of ether oxygens (including phenoxy) is 1. The molecule has 38 heavy (non-hydrogen) atoms. The quantitative estimate of drug-likeness (QED) is 0.279. The Labute approximate surface area is 223 Å². The number of thiazole rings is 1. The average molecular weight is 578 g/mol. The predicted molar refractivity (Wildman–Crippen MR) is 139 cm³/mol. The molecule has 1 atom stereocenters. The van der Waals surface area contributed by atoms with Crippen molar-refractivity contribution in [3.63, 3.8) is 0 Å². The summed E-state index contributed by atoms with van der Waals surface area (Å²) in [5, 5.41) is 6.53. The molecule has 1 aliphatic rings. The minimum absolute atomic E-state index is 0.0846. The van der Waals surface area contributed by atoms with Crippen molar-refractivity contribution in [1.82, 2.24) is 24.8 Å². The third-order valence-corrected chi connectivity index (χ3v) is 9.34. The van der Waals surface area contributed by atoms with Gasteiger partial charge < -0.3 is 14.1 Å². The molecule has 5 rings (SSSR count). The van der Waals surface area contributed by atoms with Gasteiger partial charge in [0, 0.05) is 18.7 Å². The van der Waals surface area contributed by atoms with Crippen LogP contribution in [0.3, 0.4) is 0 Å². The molecular weight excluding hydrogens is 554 g/mol. The summed E-state index contributed by atoms with van der Waals surface area (Å²) in [7, 11) is -6.87. The zero-order valence-corrected chi connectivity index (χ0v) is 22.4. The summed E-state index contributed by atoms with van der Waals surface area (Å²) in [5.41, 5.74) is 1.56. The van der Waals surface area contributed by atoms with Crippen LogP contribution in [0.15, 0.2) is 52.9 Å². The number of hydrogen-bond acceptors (Lipinski definition) is 11. The Morgan fingerprint density at radius 1 is 1.11 bits per heavy atom. The lowest BCUT2D eigenvalue weighted by molar-refractivity contribution is 0.0303. The third-order valence-electron chi connectivity index (χ3n) is 5.81. The first-order valence-electron chi connectivity index (χ1n) is 11.5. The summed E-state index contributed by atoms with van der Waals surface area (Å²) in [6, 6.07) is 13.7. The van der Waals surface area contributed by atoms with Crippen molar-refractivity contribution in [2.45, 2.75) is 17.5 Å². The van der Waals surface area contributed by atoms with E-state index in [1.165, 1.54) is 0 Å². The van der Waals surface area contributed by atoms with Gasteiger partial charge in [-0.25, -0.2) is 26.5 Å². The maximum absolute atomic E-state index is 13.7. The number of nitrogens with one attached hydrogen (secondary N) is 1. The lowest BCUT2D eigenvalue weighted by Crippen LogP contribution is -2.40. The van der Waals surface area contributed by atoms with E-state index in [-0.39, 0.29) is 35.0 Å². The molecule has 1 aliphatic heterocycles. The molecule has 0 saturated carbocycles. The van der Waals surface area contributed by atoms with Crippen molar-refractivity contribution in [2.24, 2.45) is 0 Å². The van der Waals surface area contributed by atoms with Gasteiger partial charge in [-0.15, -0.1) is 21.5 Å². The van der Waals surface area contributed by atoms with E-state index in [4.69, 9.17) is 9.15 Å². The molecule has 1 fully saturated rings. The topological polar surface area (TPSA) is 162 Å². The second-order valence-electron chi connectivity index (χ2n) is 8.44. The minimum atomic E-state index is -3.97. The zero-order chi connectivity index (χ0) is 26.7. The number of fused-ring (bicyclic) bond motifs is 1. The number of nitrogens with zero attached hydrogens (tertiary/aromatic N) is 4. The summed E-state index contributed by atoms with van der Waals surface area (Å²) in [5.74, 6) is -0.747. The van der Waals surface area contributed by atoms with Crippen LogP contribution >= 0.6 is 11.3 Å². The van der Waals surface area contributed by atoms with E-state index in [0.29, 0.717) is 47.6 Å². The number of sulfone groups is 1. The number of aromatic nitrogens is 3. The highest BCUT2D eigenvalue weighted by Crippen LogP contribution is 2.37. The lowest BCUT2D eigenvalue weighted by atomic mass is 10.2. The third kappa shape index (κ3) is 5.91. The molecule has 2 aromatic carbocycles. The van der Waals surface area contributed by atoms with Crippen molar-refractivity contribution in [3.05, 3.63) is 76.4 Å². The molecule has 3 heterocycles. The Bertz CT molecular complexity index is 1620. The number of carbonyl (C=O) groups is 1. The van der Waals surface area contributed by atoms with Gasteiger partial charge in [0.1, 0.15) is 5.01 Å². The van der Waals surface area contributed by atoms with Crippen LogP contribution in [0.1, 0.15) is 38.0 Å². The number of carbonyl (C=O) groups excluding carboxylic acids is 1. The Morgan fingerprint density at radius 3 is 2.61 bits per heavy atom. The molecule has 1 unspecified atom stereocenters. The van der Waals surface area contributed by atoms with Crippen molar-refractivity contribution >= 4 is 48.2 Å². The average Bonchev–Trinajstić information content (AvgIpc) is 3.54. The first-order chi connectivity index (χ1) is 18.3. The smallest absolute Gasteiger partial charge is 0.254 e. The highest BCUT2D eigenvalue weighted by Gasteiger charge is 2.37. The maximum atomic E-state index is 13.7. The molecule has 15 heteroatoms. The second-order valence-corrected chi connectivity index (χ2v) is 12.4. The van der Waals surface area contributed by atoms with Crippen LogP contribution in [0.5, 0.6) is 0 Å². The van der Waals surface area contributed by atoms with Crippen LogP contribution in [0.25, 0.3) is 10.2 Å². The van der Waals surface area contributed by atoms with Gasteiger partial charge in [-0.3, -0.25) is 4.79 Å². The number of amides is 1. The van der Waals surface area contributed by atoms with Crippen LogP contribution < -0.4 is 4.72 Å². The molecule has 200 valence electrons. The Hall–Kier alpha value is -3.24. The summed E-state index contributed by atoms with van der Waals surface area (Å²) in [4.78, 5) is 19.2. The molecule has 4 aromatic rings. The number of thiol groups is 1. The van der Waals surface area contributed by atoms with Gasteiger partial charge in [-0.2, -0.15) is 0 Å². The molecule has 1 N–H and O–H groups in total. The van der Waals surface area contributed by atoms with Gasteiger partial charge in [0.25, 0.3) is 5.91 Å². The van der Waals surface area contributed by atoms with E-state index < -0.39 is 26.0 Å². The van der Waals surface area contributed by atoms with Crippen molar-refractivity contribution in [2.75, 3.05) is 26.3 Å². The molecule has 2 aromatic heterocycles. The van der Waals surface area contributed by atoms with Crippen LogP contribution in [0, 0.1) is 0 Å². The fourth-order valence-electron chi connectivity index (χ4n) is 4.02. The largest absolute Gasteiger partial charge is 0.422 e. The van der Waals surface area contributed by atoms with Gasteiger partial charge >= 0.3 is 0 Å². The first kappa shape index (κ1) is 26.4. The normalized spacial score (nSPS) is 15.2. The maximum Gasteiger partial charge on any atom is 0.254 e. The first-order valence-corrected chi connectivity index (χ1v) is 15.2. The van der Waals surface area contributed by atoms with E-state index in [2.05, 4.69) is 19.9 Å². The van der Waals surface area contributed by atoms with Crippen LogP contribution in [0.2, 0.25) is 0 Å². The molecule has 12 nitrogen and oxygen atoms in total. The SMILES string of the molecule is O=C(c1ccc2nc(C(c3nnc(CN[SH](=O)=O)o3)S(=O)(=O)Cc3ccccc3)sc2c1)N1CCOCC1. The molecular formula is C23H23N5O7S3. The van der Waals surface area contributed by atoms with Crippen molar-refractivity contribution < 1.29 is 30.8 Å². The van der Waals surface area contributed by atoms with Gasteiger partial charge in [0.05, 0.1) is 35.7 Å². The fraction of sp³-hybridized carbons (Fsp3) is 0.304. The zero-order valence-electron chi connectivity index (χ0n) is 19.8. The van der Waals surface area contributed by atoms with Crippen LogP contribution in [0.4, 0.5) is 0 Å². The second kappa shape index (κ2) is 11.2. The van der Waals surface area contributed by atoms with Crippen LogP contribution in [-0.2, 0) is 37.8 Å². The molecule has 1 amide bonds. The van der Waals surface area contributed by atoms with Crippen LogP contribution in [-0.4, -0.2) is 69.1 Å². The van der Waals surface area contributed by atoms with E-state index >= 15 is 0 Å². The number of hydrogen-bond donors (Lipinski definition) is 2. The summed E-state index contributed by atoms with van der Waals surface area (Å²) in [6.45, 7) is 1.68. The highest BCUT2D eigenvalue weighted by atomic mass is 32.2. The standard InChI is InChI=1S/C23H23N5O7S3/c29-23(28-8-10-34-11-9-28)16-6-7-17-18(12-16)36-22(25-17)20(21-27-26-19(35-21)13-24-37(30)31)38(32,33)14-15-4-2-1-3-5-15/h1-7,12,20,37H,8-11,13-14H2,(H,24,30,31). The highest BCUT2D eigenvalue weighted by molar-refractivity contribution is 7.91. The van der Waals surface area contributed by atoms with Gasteiger partial charge in [0.2, 0.25) is 22.7 Å². The summed E-state index contributed by atoms with van der Waals surface area (Å²) < 4.78 is 62.8. The fourth-order valence-corrected chi connectivity index (χ4v) is 7.43. The summed E-state index contributed by atoms with van der Waals surface area (Å²) in [6.07, 6.45) is 0. The van der Waals surface area contributed by atoms with Gasteiger partial charge in [-0.05, 0) is 23.8 Å². The van der Waals surface area contributed by atoms with E-state index in [1.807, 2.05) is 0 Å².